The van der Waals surface area contributed by atoms with Crippen LogP contribution in [0.2, 0.25) is 0 Å². The van der Waals surface area contributed by atoms with Crippen molar-refractivity contribution in [2.24, 2.45) is 5.41 Å². The van der Waals surface area contributed by atoms with Crippen LogP contribution in [0.3, 0.4) is 0 Å². The molecule has 0 radical (unpaired) electrons. The summed E-state index contributed by atoms with van der Waals surface area (Å²) in [5, 5.41) is 3.73. The van der Waals surface area contributed by atoms with Crippen molar-refractivity contribution in [1.82, 2.24) is 0 Å². The van der Waals surface area contributed by atoms with Gasteiger partial charge in [-0.2, -0.15) is 0 Å². The first-order valence-corrected chi connectivity index (χ1v) is 8.09. The molecule has 3 rings (SSSR count). The van der Waals surface area contributed by atoms with Crippen LogP contribution in [0.25, 0.3) is 0 Å². The largest absolute Gasteiger partial charge is 0.381 e. The van der Waals surface area contributed by atoms with E-state index in [9.17, 15) is 0 Å². The van der Waals surface area contributed by atoms with Crippen molar-refractivity contribution in [3.63, 3.8) is 0 Å². The number of hydrogen-bond donors (Lipinski definition) is 1. The molecule has 0 aliphatic heterocycles. The van der Waals surface area contributed by atoms with Crippen LogP contribution in [0.4, 0.5) is 5.69 Å². The summed E-state index contributed by atoms with van der Waals surface area (Å²) in [7, 11) is 0. The van der Waals surface area contributed by atoms with Crippen molar-refractivity contribution in [2.75, 3.05) is 11.9 Å². The number of rotatable bonds is 4. The van der Waals surface area contributed by atoms with Gasteiger partial charge in [-0.15, -0.1) is 0 Å². The zero-order valence-electron chi connectivity index (χ0n) is 11.7. The minimum Gasteiger partial charge on any atom is -0.381 e. The fraction of sp³-hybridized carbons (Fsp3) is 0.625. The normalized spacial score (nSPS) is 27.7. The van der Waals surface area contributed by atoms with E-state index in [1.807, 2.05) is 0 Å². The third kappa shape index (κ3) is 2.21. The first-order valence-electron chi connectivity index (χ1n) is 7.30. The Morgan fingerprint density at radius 3 is 2.79 bits per heavy atom. The molecule has 0 heterocycles. The highest BCUT2D eigenvalue weighted by molar-refractivity contribution is 9.10. The molecule has 0 bridgehead atoms. The Kier molecular flexibility index (Phi) is 3.61. The molecule has 2 atom stereocenters. The SMILES string of the molecule is CCOC1CC(Nc2ccc(C)cc2Br)C12CCC2. The lowest BCUT2D eigenvalue weighted by atomic mass is 9.51. The van der Waals surface area contributed by atoms with Gasteiger partial charge in [0.05, 0.1) is 6.10 Å². The molecule has 0 amide bonds. The molecule has 0 saturated heterocycles. The van der Waals surface area contributed by atoms with Crippen LogP contribution in [-0.4, -0.2) is 18.8 Å². The van der Waals surface area contributed by atoms with E-state index in [1.165, 1.54) is 35.0 Å². The van der Waals surface area contributed by atoms with Gasteiger partial charge in [-0.25, -0.2) is 0 Å². The summed E-state index contributed by atoms with van der Waals surface area (Å²) in [6.45, 7) is 5.06. The molecule has 104 valence electrons. The number of anilines is 1. The summed E-state index contributed by atoms with van der Waals surface area (Å²) < 4.78 is 7.07. The van der Waals surface area contributed by atoms with Crippen LogP contribution in [0.1, 0.15) is 38.2 Å². The molecule has 3 heteroatoms. The number of halogens is 1. The topological polar surface area (TPSA) is 21.3 Å². The second-order valence-corrected chi connectivity index (χ2v) is 6.80. The lowest BCUT2D eigenvalue weighted by Crippen LogP contribution is -2.64. The molecule has 2 nitrogen and oxygen atoms in total. The van der Waals surface area contributed by atoms with Gasteiger partial charge in [0.2, 0.25) is 0 Å². The van der Waals surface area contributed by atoms with E-state index in [-0.39, 0.29) is 0 Å². The molecule has 1 aromatic rings. The Labute approximate surface area is 124 Å². The average Bonchev–Trinajstić information content (AvgIpc) is 2.28. The number of aryl methyl sites for hydroxylation is 1. The number of hydrogen-bond acceptors (Lipinski definition) is 2. The van der Waals surface area contributed by atoms with Crippen LogP contribution in [0.15, 0.2) is 22.7 Å². The van der Waals surface area contributed by atoms with Gasteiger partial charge >= 0.3 is 0 Å². The molecule has 2 aliphatic rings. The first-order chi connectivity index (χ1) is 9.15. The van der Waals surface area contributed by atoms with Crippen LogP contribution >= 0.6 is 15.9 Å². The Morgan fingerprint density at radius 2 is 2.21 bits per heavy atom. The summed E-state index contributed by atoms with van der Waals surface area (Å²) in [5.74, 6) is 0. The second kappa shape index (κ2) is 5.10. The van der Waals surface area contributed by atoms with Gasteiger partial charge in [0.25, 0.3) is 0 Å². The standard InChI is InChI=1S/C16H22BrNO/c1-3-19-15-10-14(16(15)7-4-8-16)18-13-6-5-11(2)9-12(13)17/h5-6,9,14-15,18H,3-4,7-8,10H2,1-2H3. The van der Waals surface area contributed by atoms with E-state index in [1.54, 1.807) is 0 Å². The van der Waals surface area contributed by atoms with Crippen molar-refractivity contribution < 1.29 is 4.74 Å². The summed E-state index contributed by atoms with van der Waals surface area (Å²) in [5.41, 5.74) is 2.92. The second-order valence-electron chi connectivity index (χ2n) is 5.95. The first kappa shape index (κ1) is 13.4. The highest BCUT2D eigenvalue weighted by atomic mass is 79.9. The van der Waals surface area contributed by atoms with Crippen molar-refractivity contribution in [3.8, 4) is 0 Å². The van der Waals surface area contributed by atoms with Crippen LogP contribution in [-0.2, 0) is 4.74 Å². The van der Waals surface area contributed by atoms with Crippen molar-refractivity contribution >= 4 is 21.6 Å². The van der Waals surface area contributed by atoms with Gasteiger partial charge < -0.3 is 10.1 Å². The molecule has 1 N–H and O–H groups in total. The lowest BCUT2D eigenvalue weighted by Gasteiger charge is -2.61. The van der Waals surface area contributed by atoms with Gasteiger partial charge in [0, 0.05) is 28.2 Å². The minimum atomic E-state index is 0.417. The number of ether oxygens (including phenoxy) is 1. The Hall–Kier alpha value is -0.540. The van der Waals surface area contributed by atoms with E-state index in [2.05, 4.69) is 53.3 Å². The fourth-order valence-corrected chi connectivity index (χ4v) is 4.17. The summed E-state index contributed by atoms with van der Waals surface area (Å²) >= 11 is 3.66. The Morgan fingerprint density at radius 1 is 1.42 bits per heavy atom. The average molecular weight is 324 g/mol. The number of benzene rings is 1. The van der Waals surface area contributed by atoms with Crippen molar-refractivity contribution in [3.05, 3.63) is 28.2 Å². The molecular formula is C16H22BrNO. The van der Waals surface area contributed by atoms with E-state index in [4.69, 9.17) is 4.74 Å². The molecule has 19 heavy (non-hydrogen) atoms. The van der Waals surface area contributed by atoms with E-state index >= 15 is 0 Å². The lowest BCUT2D eigenvalue weighted by molar-refractivity contribution is -0.157. The molecular weight excluding hydrogens is 302 g/mol. The smallest absolute Gasteiger partial charge is 0.0670 e. The van der Waals surface area contributed by atoms with E-state index < -0.39 is 0 Å². The molecule has 2 unspecified atom stereocenters. The van der Waals surface area contributed by atoms with Gasteiger partial charge in [-0.1, -0.05) is 12.5 Å². The van der Waals surface area contributed by atoms with Crippen LogP contribution < -0.4 is 5.32 Å². The van der Waals surface area contributed by atoms with Crippen LogP contribution in [0, 0.1) is 12.3 Å². The maximum atomic E-state index is 5.90. The minimum absolute atomic E-state index is 0.417. The third-order valence-electron chi connectivity index (χ3n) is 4.89. The Balaban J connectivity index is 1.71. The Bertz CT molecular complexity index is 470. The molecule has 2 fully saturated rings. The fourth-order valence-electron chi connectivity index (χ4n) is 3.57. The van der Waals surface area contributed by atoms with Crippen molar-refractivity contribution in [2.45, 2.75) is 51.7 Å². The quantitative estimate of drug-likeness (QED) is 0.879. The molecule has 1 spiro atoms. The summed E-state index contributed by atoms with van der Waals surface area (Å²) in [4.78, 5) is 0. The summed E-state index contributed by atoms with van der Waals surface area (Å²) in [6, 6.07) is 7.10. The van der Waals surface area contributed by atoms with E-state index in [0.717, 1.165) is 13.0 Å². The molecule has 0 aromatic heterocycles. The van der Waals surface area contributed by atoms with Gasteiger partial charge in [0.15, 0.2) is 0 Å². The zero-order chi connectivity index (χ0) is 13.5. The predicted octanol–water partition coefficient (Wildman–Crippen LogP) is 4.52. The maximum Gasteiger partial charge on any atom is 0.0670 e. The predicted molar refractivity (Wildman–Crippen MR) is 82.6 cm³/mol. The molecule has 2 aliphatic carbocycles. The van der Waals surface area contributed by atoms with Gasteiger partial charge in [0.1, 0.15) is 0 Å². The highest BCUT2D eigenvalue weighted by Crippen LogP contribution is 2.58. The third-order valence-corrected chi connectivity index (χ3v) is 5.55. The molecule has 1 aromatic carbocycles. The monoisotopic (exact) mass is 323 g/mol. The van der Waals surface area contributed by atoms with Gasteiger partial charge in [-0.05, 0) is 66.7 Å². The molecule has 2 saturated carbocycles. The zero-order valence-corrected chi connectivity index (χ0v) is 13.3. The van der Waals surface area contributed by atoms with Gasteiger partial charge in [-0.3, -0.25) is 0 Å². The number of nitrogens with one attached hydrogen (secondary N) is 1. The summed E-state index contributed by atoms with van der Waals surface area (Å²) in [6.07, 6.45) is 5.62. The maximum absolute atomic E-state index is 5.90. The highest BCUT2D eigenvalue weighted by Gasteiger charge is 2.58. The van der Waals surface area contributed by atoms with Crippen molar-refractivity contribution in [1.29, 1.82) is 0 Å². The van der Waals surface area contributed by atoms with Crippen LogP contribution in [0.5, 0.6) is 0 Å². The van der Waals surface area contributed by atoms with E-state index in [0.29, 0.717) is 17.6 Å².